The largest absolute Gasteiger partial charge is 0.489 e. The van der Waals surface area contributed by atoms with Gasteiger partial charge in [0.1, 0.15) is 12.4 Å². The van der Waals surface area contributed by atoms with Gasteiger partial charge in [-0.1, -0.05) is 58.4 Å². The maximum absolute atomic E-state index is 13.5. The monoisotopic (exact) mass is 407 g/mol. The second kappa shape index (κ2) is 6.96. The van der Waals surface area contributed by atoms with Gasteiger partial charge in [-0.3, -0.25) is 4.79 Å². The van der Waals surface area contributed by atoms with Gasteiger partial charge in [0.05, 0.1) is 5.92 Å². The molecule has 26 heavy (non-hydrogen) atoms. The van der Waals surface area contributed by atoms with Gasteiger partial charge in [-0.25, -0.2) is 0 Å². The van der Waals surface area contributed by atoms with Crippen molar-refractivity contribution in [3.8, 4) is 5.75 Å². The van der Waals surface area contributed by atoms with Crippen molar-refractivity contribution in [2.75, 3.05) is 11.9 Å². The average Bonchev–Trinajstić information content (AvgIpc) is 2.84. The molecule has 0 radical (unpaired) electrons. The first-order valence-electron chi connectivity index (χ1n) is 8.48. The second-order valence-electron chi connectivity index (χ2n) is 6.34. The van der Waals surface area contributed by atoms with Gasteiger partial charge in [0, 0.05) is 22.8 Å². The number of carbonyl (C=O) groups excluding carboxylic acids is 1. The number of carbonyl (C=O) groups is 1. The number of hydrogen-bond acceptors (Lipinski definition) is 2. The first-order chi connectivity index (χ1) is 12.6. The van der Waals surface area contributed by atoms with E-state index in [4.69, 9.17) is 4.74 Å². The van der Waals surface area contributed by atoms with E-state index >= 15 is 0 Å². The Hall–Kier alpha value is -2.59. The summed E-state index contributed by atoms with van der Waals surface area (Å²) in [4.78, 5) is 15.3. The van der Waals surface area contributed by atoms with E-state index in [0.717, 1.165) is 32.6 Å². The normalized spacial score (nSPS) is 15.2. The molecule has 0 saturated carbocycles. The maximum atomic E-state index is 13.5. The maximum Gasteiger partial charge on any atom is 0.238 e. The van der Waals surface area contributed by atoms with Crippen LogP contribution in [-0.4, -0.2) is 13.0 Å². The first-order valence-corrected chi connectivity index (χ1v) is 9.27. The number of likely N-dealkylation sites (N-methyl/N-ethyl adjacent to an activating group) is 1. The Morgan fingerprint density at radius 3 is 2.54 bits per heavy atom. The summed E-state index contributed by atoms with van der Waals surface area (Å²) in [5, 5.41) is 0. The molecule has 4 rings (SSSR count). The van der Waals surface area contributed by atoms with Crippen LogP contribution in [0.25, 0.3) is 0 Å². The highest BCUT2D eigenvalue weighted by Gasteiger charge is 2.32. The third kappa shape index (κ3) is 3.01. The number of fused-ring (bicyclic) bond motifs is 2. The van der Waals surface area contributed by atoms with Crippen LogP contribution in [0.15, 0.2) is 77.3 Å². The predicted octanol–water partition coefficient (Wildman–Crippen LogP) is 5.14. The van der Waals surface area contributed by atoms with Gasteiger partial charge in [0.15, 0.2) is 0 Å². The quantitative estimate of drug-likeness (QED) is 0.588. The lowest BCUT2D eigenvalue weighted by atomic mass is 9.87. The molecule has 4 heteroatoms. The summed E-state index contributed by atoms with van der Waals surface area (Å²) in [5.74, 6) is 0.365. The average molecular weight is 408 g/mol. The number of para-hydroxylation sites is 1. The van der Waals surface area contributed by atoms with E-state index in [1.807, 2.05) is 79.8 Å². The Morgan fingerprint density at radius 1 is 1.00 bits per heavy atom. The highest BCUT2D eigenvalue weighted by Crippen LogP contribution is 2.40. The van der Waals surface area contributed by atoms with Crippen LogP contribution in [0.1, 0.15) is 22.6 Å². The highest BCUT2D eigenvalue weighted by atomic mass is 79.9. The third-order valence-electron chi connectivity index (χ3n) is 4.75. The fraction of sp³-hybridized carbons (Fsp3) is 0.136. The standard InChI is InChI=1S/C22H18BrNO2/c1-24(17-8-3-2-4-9-17)22(25)21-18-10-6-5-7-15(18)14-26-20-12-11-16(23)13-19(20)21/h2-13,21H,14H2,1H3. The Bertz CT molecular complexity index is 955. The van der Waals surface area contributed by atoms with Crippen LogP contribution in [0.2, 0.25) is 0 Å². The molecule has 1 atom stereocenters. The van der Waals surface area contributed by atoms with Gasteiger partial charge in [-0.2, -0.15) is 0 Å². The zero-order valence-electron chi connectivity index (χ0n) is 14.4. The lowest BCUT2D eigenvalue weighted by molar-refractivity contribution is -0.118. The Balaban J connectivity index is 1.86. The molecular formula is C22H18BrNO2. The number of halogens is 1. The lowest BCUT2D eigenvalue weighted by Gasteiger charge is -2.25. The summed E-state index contributed by atoms with van der Waals surface area (Å²) in [6.07, 6.45) is 0. The topological polar surface area (TPSA) is 29.5 Å². The smallest absolute Gasteiger partial charge is 0.238 e. The summed E-state index contributed by atoms with van der Waals surface area (Å²) in [6.45, 7) is 0.462. The van der Waals surface area contributed by atoms with Gasteiger partial charge in [0.2, 0.25) is 5.91 Å². The molecule has 0 fully saturated rings. The van der Waals surface area contributed by atoms with Crippen molar-refractivity contribution in [1.29, 1.82) is 0 Å². The molecule has 1 unspecified atom stereocenters. The molecule has 0 aliphatic carbocycles. The van der Waals surface area contributed by atoms with Crippen LogP contribution in [0.5, 0.6) is 5.75 Å². The Labute approximate surface area is 161 Å². The number of hydrogen-bond donors (Lipinski definition) is 0. The fourth-order valence-electron chi connectivity index (χ4n) is 3.39. The molecule has 0 saturated heterocycles. The van der Waals surface area contributed by atoms with Gasteiger partial charge in [-0.05, 0) is 41.5 Å². The molecule has 1 amide bonds. The third-order valence-corrected chi connectivity index (χ3v) is 5.25. The van der Waals surface area contributed by atoms with Crippen LogP contribution in [0.4, 0.5) is 5.69 Å². The zero-order chi connectivity index (χ0) is 18.1. The molecule has 0 N–H and O–H groups in total. The van der Waals surface area contributed by atoms with E-state index in [0.29, 0.717) is 6.61 Å². The Morgan fingerprint density at radius 2 is 1.73 bits per heavy atom. The van der Waals surface area contributed by atoms with E-state index in [2.05, 4.69) is 15.9 Å². The number of ether oxygens (including phenoxy) is 1. The van der Waals surface area contributed by atoms with Crippen LogP contribution in [0.3, 0.4) is 0 Å². The van der Waals surface area contributed by atoms with Gasteiger partial charge < -0.3 is 9.64 Å². The van der Waals surface area contributed by atoms with Crippen LogP contribution in [-0.2, 0) is 11.4 Å². The molecule has 1 aliphatic rings. The first kappa shape index (κ1) is 16.9. The van der Waals surface area contributed by atoms with Crippen molar-refractivity contribution in [2.24, 2.45) is 0 Å². The van der Waals surface area contributed by atoms with Gasteiger partial charge >= 0.3 is 0 Å². The van der Waals surface area contributed by atoms with E-state index in [9.17, 15) is 4.79 Å². The molecular weight excluding hydrogens is 390 g/mol. The van der Waals surface area contributed by atoms with Crippen molar-refractivity contribution >= 4 is 27.5 Å². The number of anilines is 1. The molecule has 1 aliphatic heterocycles. The molecule has 130 valence electrons. The van der Waals surface area contributed by atoms with E-state index in [1.54, 1.807) is 4.90 Å². The van der Waals surface area contributed by atoms with Gasteiger partial charge in [0.25, 0.3) is 0 Å². The lowest BCUT2D eigenvalue weighted by Crippen LogP contribution is -2.32. The number of nitrogens with zero attached hydrogens (tertiary/aromatic N) is 1. The molecule has 1 heterocycles. The molecule has 0 bridgehead atoms. The van der Waals surface area contributed by atoms with Crippen LogP contribution >= 0.6 is 15.9 Å². The van der Waals surface area contributed by atoms with Crippen molar-refractivity contribution in [2.45, 2.75) is 12.5 Å². The summed E-state index contributed by atoms with van der Waals surface area (Å²) in [7, 11) is 1.82. The number of benzene rings is 3. The SMILES string of the molecule is CN(C(=O)C1c2ccccc2COc2ccc(Br)cc21)c1ccccc1. The molecule has 3 aromatic carbocycles. The molecule has 0 spiro atoms. The minimum atomic E-state index is -0.411. The van der Waals surface area contributed by atoms with Crippen LogP contribution in [0, 0.1) is 0 Å². The van der Waals surface area contributed by atoms with E-state index in [1.165, 1.54) is 0 Å². The molecule has 3 nitrogen and oxygen atoms in total. The summed E-state index contributed by atoms with van der Waals surface area (Å²) in [5.41, 5.74) is 3.80. The summed E-state index contributed by atoms with van der Waals surface area (Å²) in [6, 6.07) is 23.6. The zero-order valence-corrected chi connectivity index (χ0v) is 15.9. The minimum Gasteiger partial charge on any atom is -0.489 e. The van der Waals surface area contributed by atoms with E-state index < -0.39 is 5.92 Å². The summed E-state index contributed by atoms with van der Waals surface area (Å²) >= 11 is 3.53. The van der Waals surface area contributed by atoms with Crippen molar-refractivity contribution in [3.05, 3.63) is 94.0 Å². The van der Waals surface area contributed by atoms with Crippen LogP contribution < -0.4 is 9.64 Å². The number of amides is 1. The second-order valence-corrected chi connectivity index (χ2v) is 7.25. The number of rotatable bonds is 2. The summed E-state index contributed by atoms with van der Waals surface area (Å²) < 4.78 is 6.93. The molecule has 3 aromatic rings. The van der Waals surface area contributed by atoms with Crippen molar-refractivity contribution in [1.82, 2.24) is 0 Å². The van der Waals surface area contributed by atoms with E-state index in [-0.39, 0.29) is 5.91 Å². The highest BCUT2D eigenvalue weighted by molar-refractivity contribution is 9.10. The predicted molar refractivity (Wildman–Crippen MR) is 107 cm³/mol. The molecule has 0 aromatic heterocycles. The van der Waals surface area contributed by atoms with Crippen molar-refractivity contribution < 1.29 is 9.53 Å². The Kier molecular flexibility index (Phi) is 4.51. The van der Waals surface area contributed by atoms with Gasteiger partial charge in [-0.15, -0.1) is 0 Å². The van der Waals surface area contributed by atoms with Crippen molar-refractivity contribution in [3.63, 3.8) is 0 Å². The minimum absolute atomic E-state index is 0.0218. The fourth-order valence-corrected chi connectivity index (χ4v) is 3.76.